The molecule has 4 nitrogen and oxygen atoms in total. The highest BCUT2D eigenvalue weighted by atomic mass is 32.2. The molecule has 3 aromatic rings. The zero-order chi connectivity index (χ0) is 16.2. The average Bonchev–Trinajstić information content (AvgIpc) is 2.94. The molecule has 0 radical (unpaired) electrons. The predicted octanol–water partition coefficient (Wildman–Crippen LogP) is 3.60. The number of hydrogen-bond acceptors (Lipinski definition) is 4. The van der Waals surface area contributed by atoms with Crippen molar-refractivity contribution in [2.24, 2.45) is 7.05 Å². The Labute approximate surface area is 137 Å². The van der Waals surface area contributed by atoms with Crippen LogP contribution in [0, 0.1) is 5.82 Å². The number of carbonyl (C=O) groups is 1. The second-order valence-electron chi connectivity index (χ2n) is 4.92. The smallest absolute Gasteiger partial charge is 0.191 e. The number of rotatable bonds is 5. The molecule has 0 saturated heterocycles. The van der Waals surface area contributed by atoms with E-state index in [-0.39, 0.29) is 17.1 Å². The molecule has 0 unspecified atom stereocenters. The van der Waals surface area contributed by atoms with E-state index < -0.39 is 5.82 Å². The van der Waals surface area contributed by atoms with Crippen molar-refractivity contribution in [2.75, 3.05) is 5.75 Å². The first kappa shape index (κ1) is 15.4. The van der Waals surface area contributed by atoms with Crippen LogP contribution in [0.2, 0.25) is 0 Å². The minimum atomic E-state index is -0.499. The normalized spacial score (nSPS) is 10.7. The maximum absolute atomic E-state index is 13.6. The standard InChI is InChI=1S/C17H14FN3OS/c1-21-16(12-7-3-2-4-8-12)19-20-17(21)23-11-15(22)13-9-5-6-10-14(13)18/h2-10H,11H2,1H3. The molecule has 2 aromatic carbocycles. The summed E-state index contributed by atoms with van der Waals surface area (Å²) in [7, 11) is 1.85. The number of halogens is 1. The first-order valence-corrected chi connectivity index (χ1v) is 8.00. The fraction of sp³-hybridized carbons (Fsp3) is 0.118. The van der Waals surface area contributed by atoms with Gasteiger partial charge in [-0.3, -0.25) is 4.79 Å². The second-order valence-corrected chi connectivity index (χ2v) is 5.87. The molecule has 23 heavy (non-hydrogen) atoms. The SMILES string of the molecule is Cn1c(SCC(=O)c2ccccc2F)nnc1-c1ccccc1. The molecular weight excluding hydrogens is 313 g/mol. The summed E-state index contributed by atoms with van der Waals surface area (Å²) in [6.45, 7) is 0. The Balaban J connectivity index is 1.74. The van der Waals surface area contributed by atoms with Crippen LogP contribution in [0.25, 0.3) is 11.4 Å². The van der Waals surface area contributed by atoms with Gasteiger partial charge in [0.15, 0.2) is 16.8 Å². The fourth-order valence-corrected chi connectivity index (χ4v) is 2.97. The number of ketones is 1. The van der Waals surface area contributed by atoms with Crippen molar-refractivity contribution in [3.63, 3.8) is 0 Å². The van der Waals surface area contributed by atoms with Crippen molar-refractivity contribution in [2.45, 2.75) is 5.16 Å². The average molecular weight is 327 g/mol. The number of benzene rings is 2. The van der Waals surface area contributed by atoms with Gasteiger partial charge in [-0.05, 0) is 12.1 Å². The van der Waals surface area contributed by atoms with Crippen LogP contribution in [0.5, 0.6) is 0 Å². The Bertz CT molecular complexity index is 833. The van der Waals surface area contributed by atoms with Gasteiger partial charge in [-0.15, -0.1) is 10.2 Å². The maximum Gasteiger partial charge on any atom is 0.191 e. The Morgan fingerprint density at radius 3 is 2.52 bits per heavy atom. The number of aromatic nitrogens is 3. The van der Waals surface area contributed by atoms with Gasteiger partial charge in [0.25, 0.3) is 0 Å². The van der Waals surface area contributed by atoms with Crippen molar-refractivity contribution in [3.8, 4) is 11.4 Å². The van der Waals surface area contributed by atoms with E-state index >= 15 is 0 Å². The van der Waals surface area contributed by atoms with Crippen molar-refractivity contribution in [1.29, 1.82) is 0 Å². The quantitative estimate of drug-likeness (QED) is 0.531. The fourth-order valence-electron chi connectivity index (χ4n) is 2.17. The van der Waals surface area contributed by atoms with Crippen molar-refractivity contribution in [3.05, 3.63) is 66.0 Å². The Hall–Kier alpha value is -2.47. The zero-order valence-corrected chi connectivity index (χ0v) is 13.3. The highest BCUT2D eigenvalue weighted by Gasteiger charge is 2.15. The molecule has 0 aliphatic rings. The van der Waals surface area contributed by atoms with Crippen molar-refractivity contribution >= 4 is 17.5 Å². The van der Waals surface area contributed by atoms with Gasteiger partial charge in [0.05, 0.1) is 11.3 Å². The van der Waals surface area contributed by atoms with Crippen LogP contribution in [0.15, 0.2) is 59.8 Å². The molecule has 0 N–H and O–H groups in total. The third-order valence-corrected chi connectivity index (χ3v) is 4.39. The summed E-state index contributed by atoms with van der Waals surface area (Å²) < 4.78 is 15.4. The van der Waals surface area contributed by atoms with Gasteiger partial charge in [-0.2, -0.15) is 0 Å². The predicted molar refractivity (Wildman–Crippen MR) is 87.9 cm³/mol. The lowest BCUT2D eigenvalue weighted by atomic mass is 10.1. The van der Waals surface area contributed by atoms with Gasteiger partial charge in [0, 0.05) is 12.6 Å². The van der Waals surface area contributed by atoms with Crippen LogP contribution in [0.3, 0.4) is 0 Å². The molecule has 6 heteroatoms. The molecule has 0 amide bonds. The second kappa shape index (κ2) is 6.75. The van der Waals surface area contributed by atoms with E-state index in [0.717, 1.165) is 11.4 Å². The van der Waals surface area contributed by atoms with E-state index in [1.807, 2.05) is 41.9 Å². The molecule has 116 valence electrons. The number of carbonyl (C=O) groups excluding carboxylic acids is 1. The largest absolute Gasteiger partial charge is 0.305 e. The summed E-state index contributed by atoms with van der Waals surface area (Å²) in [5, 5.41) is 8.89. The lowest BCUT2D eigenvalue weighted by Gasteiger charge is -2.04. The number of nitrogens with zero attached hydrogens (tertiary/aromatic N) is 3. The van der Waals surface area contributed by atoms with Crippen molar-refractivity contribution < 1.29 is 9.18 Å². The minimum absolute atomic E-state index is 0.102. The summed E-state index contributed by atoms with van der Waals surface area (Å²) in [4.78, 5) is 12.1. The maximum atomic E-state index is 13.6. The lowest BCUT2D eigenvalue weighted by Crippen LogP contribution is -2.06. The van der Waals surface area contributed by atoms with Crippen LogP contribution in [-0.4, -0.2) is 26.3 Å². The van der Waals surface area contributed by atoms with E-state index in [1.54, 1.807) is 12.1 Å². The molecule has 3 rings (SSSR count). The number of Topliss-reactive ketones (excluding diaryl/α,β-unsaturated/α-hetero) is 1. The van der Waals surface area contributed by atoms with Crippen molar-refractivity contribution in [1.82, 2.24) is 14.8 Å². The summed E-state index contributed by atoms with van der Waals surface area (Å²) in [5.41, 5.74) is 1.06. The van der Waals surface area contributed by atoms with E-state index in [4.69, 9.17) is 0 Å². The van der Waals surface area contributed by atoms with Crippen LogP contribution in [0.1, 0.15) is 10.4 Å². The third kappa shape index (κ3) is 3.32. The topological polar surface area (TPSA) is 47.8 Å². The van der Waals surface area contributed by atoms with Gasteiger partial charge in [0.2, 0.25) is 0 Å². The van der Waals surface area contributed by atoms with Gasteiger partial charge in [0.1, 0.15) is 5.82 Å². The summed E-state index contributed by atoms with van der Waals surface area (Å²) in [6.07, 6.45) is 0. The number of thioether (sulfide) groups is 1. The summed E-state index contributed by atoms with van der Waals surface area (Å²) >= 11 is 1.25. The molecule has 0 atom stereocenters. The molecule has 0 bridgehead atoms. The first-order chi connectivity index (χ1) is 11.2. The highest BCUT2D eigenvalue weighted by molar-refractivity contribution is 7.99. The van der Waals surface area contributed by atoms with Gasteiger partial charge < -0.3 is 4.57 Å². The molecular formula is C17H14FN3OS. The molecule has 0 aliphatic heterocycles. The van der Waals surface area contributed by atoms with E-state index in [0.29, 0.717) is 5.16 Å². The van der Waals surface area contributed by atoms with Crippen LogP contribution < -0.4 is 0 Å². The van der Waals surface area contributed by atoms with E-state index in [9.17, 15) is 9.18 Å². The van der Waals surface area contributed by atoms with E-state index in [1.165, 1.54) is 23.9 Å². The zero-order valence-electron chi connectivity index (χ0n) is 12.4. The number of hydrogen-bond donors (Lipinski definition) is 0. The van der Waals surface area contributed by atoms with E-state index in [2.05, 4.69) is 10.2 Å². The highest BCUT2D eigenvalue weighted by Crippen LogP contribution is 2.23. The molecule has 0 spiro atoms. The minimum Gasteiger partial charge on any atom is -0.305 e. The Morgan fingerprint density at radius 2 is 1.78 bits per heavy atom. The van der Waals surface area contributed by atoms with Crippen LogP contribution in [0.4, 0.5) is 4.39 Å². The molecule has 1 heterocycles. The van der Waals surface area contributed by atoms with Gasteiger partial charge in [-0.1, -0.05) is 54.2 Å². The molecule has 1 aromatic heterocycles. The molecule has 0 fully saturated rings. The molecule has 0 aliphatic carbocycles. The van der Waals surface area contributed by atoms with Crippen LogP contribution in [-0.2, 0) is 7.05 Å². The van der Waals surface area contributed by atoms with Gasteiger partial charge in [-0.25, -0.2) is 4.39 Å². The summed E-state index contributed by atoms with van der Waals surface area (Å²) in [5.74, 6) is 0.0756. The van der Waals surface area contributed by atoms with Gasteiger partial charge >= 0.3 is 0 Å². The molecule has 0 saturated carbocycles. The van der Waals surface area contributed by atoms with Crippen LogP contribution >= 0.6 is 11.8 Å². The lowest BCUT2D eigenvalue weighted by molar-refractivity contribution is 0.101. The first-order valence-electron chi connectivity index (χ1n) is 7.02. The Kier molecular flexibility index (Phi) is 4.52. The Morgan fingerprint density at radius 1 is 1.09 bits per heavy atom. The third-order valence-electron chi connectivity index (χ3n) is 3.37. The summed E-state index contributed by atoms with van der Waals surface area (Å²) in [6, 6.07) is 15.7. The monoisotopic (exact) mass is 327 g/mol.